The summed E-state index contributed by atoms with van der Waals surface area (Å²) in [4.78, 5) is 37.5. The van der Waals surface area contributed by atoms with Crippen LogP contribution in [0.3, 0.4) is 0 Å². The molecule has 0 radical (unpaired) electrons. The van der Waals surface area contributed by atoms with Crippen LogP contribution in [0.5, 0.6) is 23.0 Å². The lowest BCUT2D eigenvalue weighted by Crippen LogP contribution is -2.23. The number of carbonyl (C=O) groups excluding carboxylic acids is 2. The fraction of sp³-hybridized carbons (Fsp3) is 0.258. The van der Waals surface area contributed by atoms with Crippen LogP contribution >= 0.6 is 0 Å². The average molecular weight is 527 g/mol. The topological polar surface area (TPSA) is 112 Å². The van der Waals surface area contributed by atoms with Gasteiger partial charge in [-0.25, -0.2) is 4.79 Å². The molecule has 0 bridgehead atoms. The predicted molar refractivity (Wildman–Crippen MR) is 142 cm³/mol. The summed E-state index contributed by atoms with van der Waals surface area (Å²) in [6, 6.07) is 14.8. The number of fused-ring (bicyclic) bond motifs is 4. The number of carbonyl (C=O) groups is 2. The molecule has 0 saturated carbocycles. The van der Waals surface area contributed by atoms with E-state index in [0.29, 0.717) is 23.5 Å². The van der Waals surface area contributed by atoms with Gasteiger partial charge in [0.15, 0.2) is 11.5 Å². The van der Waals surface area contributed by atoms with Gasteiger partial charge in [0.2, 0.25) is 0 Å². The van der Waals surface area contributed by atoms with Crippen molar-refractivity contribution in [3.63, 3.8) is 0 Å². The smallest absolute Gasteiger partial charge is 0.336 e. The zero-order valence-corrected chi connectivity index (χ0v) is 21.5. The Balaban J connectivity index is 1.31. The molecule has 2 aliphatic heterocycles. The number of phenolic OH excluding ortho intramolecular Hbond substituents is 1. The van der Waals surface area contributed by atoms with Crippen LogP contribution < -0.4 is 19.8 Å². The van der Waals surface area contributed by atoms with E-state index in [1.54, 1.807) is 6.92 Å². The third kappa shape index (κ3) is 4.41. The van der Waals surface area contributed by atoms with E-state index in [1.807, 2.05) is 36.4 Å². The van der Waals surface area contributed by atoms with E-state index < -0.39 is 23.3 Å². The van der Waals surface area contributed by atoms with E-state index in [-0.39, 0.29) is 34.5 Å². The molecule has 3 aromatic carbocycles. The Labute approximate surface area is 223 Å². The molecule has 198 valence electrons. The molecule has 0 unspecified atom stereocenters. The molecule has 3 heterocycles. The Bertz CT molecular complexity index is 1700. The van der Waals surface area contributed by atoms with Crippen LogP contribution in [-0.4, -0.2) is 30.1 Å². The first-order valence-electron chi connectivity index (χ1n) is 12.8. The summed E-state index contributed by atoms with van der Waals surface area (Å²) in [6.45, 7) is 4.16. The lowest BCUT2D eigenvalue weighted by atomic mass is 9.83. The number of ketones is 1. The Morgan fingerprint density at radius 2 is 1.90 bits per heavy atom. The van der Waals surface area contributed by atoms with Crippen molar-refractivity contribution >= 4 is 22.7 Å². The molecule has 0 fully saturated rings. The molecule has 0 aliphatic carbocycles. The first kappa shape index (κ1) is 24.7. The molecule has 2 aliphatic rings. The number of hydrogen-bond donors (Lipinski definition) is 1. The highest BCUT2D eigenvalue weighted by molar-refractivity contribution is 6.09. The Morgan fingerprint density at radius 1 is 1.10 bits per heavy atom. The molecular weight excluding hydrogens is 500 g/mol. The number of rotatable bonds is 6. The summed E-state index contributed by atoms with van der Waals surface area (Å²) in [6.07, 6.45) is 1.65. The van der Waals surface area contributed by atoms with Gasteiger partial charge in [-0.1, -0.05) is 24.3 Å². The van der Waals surface area contributed by atoms with Crippen LogP contribution in [0.25, 0.3) is 11.0 Å². The predicted octanol–water partition coefficient (Wildman–Crippen LogP) is 5.01. The molecule has 4 aromatic rings. The molecule has 6 rings (SSSR count). The van der Waals surface area contributed by atoms with Crippen molar-refractivity contribution in [3.8, 4) is 23.0 Å². The Kier molecular flexibility index (Phi) is 6.10. The third-order valence-corrected chi connectivity index (χ3v) is 7.33. The van der Waals surface area contributed by atoms with Gasteiger partial charge >= 0.3 is 11.6 Å². The maximum absolute atomic E-state index is 12.6. The Morgan fingerprint density at radius 3 is 2.67 bits per heavy atom. The number of ether oxygens (including phenoxy) is 3. The van der Waals surface area contributed by atoms with Crippen LogP contribution in [0.4, 0.5) is 0 Å². The minimum Gasteiger partial charge on any atom is -0.506 e. The lowest BCUT2D eigenvalue weighted by molar-refractivity contribution is -0.135. The third-order valence-electron chi connectivity index (χ3n) is 7.33. The van der Waals surface area contributed by atoms with Gasteiger partial charge in [0.05, 0.1) is 25.0 Å². The van der Waals surface area contributed by atoms with E-state index in [1.165, 1.54) is 24.1 Å². The Hall–Kier alpha value is -4.59. The highest BCUT2D eigenvalue weighted by Gasteiger charge is 2.37. The molecule has 1 aromatic heterocycles. The minimum atomic E-state index is -0.604. The molecular formula is C31H26O8. The molecule has 1 N–H and O–H groups in total. The van der Waals surface area contributed by atoms with Crippen LogP contribution in [0, 0.1) is 6.92 Å². The summed E-state index contributed by atoms with van der Waals surface area (Å²) >= 11 is 0. The lowest BCUT2D eigenvalue weighted by Gasteiger charge is -2.28. The zero-order chi connectivity index (χ0) is 27.3. The van der Waals surface area contributed by atoms with Crippen molar-refractivity contribution in [2.45, 2.75) is 39.0 Å². The molecule has 39 heavy (non-hydrogen) atoms. The maximum Gasteiger partial charge on any atom is 0.336 e. The fourth-order valence-electron chi connectivity index (χ4n) is 5.50. The molecule has 0 amide bonds. The van der Waals surface area contributed by atoms with Crippen LogP contribution in [-0.2, 0) is 17.6 Å². The van der Waals surface area contributed by atoms with Gasteiger partial charge < -0.3 is 23.7 Å². The summed E-state index contributed by atoms with van der Waals surface area (Å²) in [5.74, 6) is -0.392. The molecule has 0 saturated heterocycles. The van der Waals surface area contributed by atoms with Crippen molar-refractivity contribution in [1.82, 2.24) is 0 Å². The van der Waals surface area contributed by atoms with Crippen molar-refractivity contribution in [2.24, 2.45) is 0 Å². The van der Waals surface area contributed by atoms with E-state index in [4.69, 9.17) is 18.6 Å². The van der Waals surface area contributed by atoms with Crippen LogP contribution in [0.2, 0.25) is 0 Å². The normalized spacial score (nSPS) is 15.8. The zero-order valence-electron chi connectivity index (χ0n) is 21.5. The number of aryl methyl sites for hydroxylation is 1. The SMILES string of the molecule is CC(=O)c1c2c(c3oc(=O)cc(C)c3c1O)[C@H](c1ccc(OCCc3ccc4c(c3)CCO4)cc1)CC(=O)O2. The fourth-order valence-corrected chi connectivity index (χ4v) is 5.50. The van der Waals surface area contributed by atoms with E-state index in [9.17, 15) is 19.5 Å². The number of esters is 1. The molecule has 1 atom stereocenters. The van der Waals surface area contributed by atoms with E-state index in [0.717, 1.165) is 30.8 Å². The largest absolute Gasteiger partial charge is 0.506 e. The maximum atomic E-state index is 12.6. The summed E-state index contributed by atoms with van der Waals surface area (Å²) < 4.78 is 22.6. The van der Waals surface area contributed by atoms with Gasteiger partial charge in [-0.15, -0.1) is 0 Å². The van der Waals surface area contributed by atoms with Gasteiger partial charge in [0.1, 0.15) is 28.4 Å². The summed E-state index contributed by atoms with van der Waals surface area (Å²) in [7, 11) is 0. The van der Waals surface area contributed by atoms with Crippen LogP contribution in [0.1, 0.15) is 57.4 Å². The van der Waals surface area contributed by atoms with Crippen molar-refractivity contribution in [3.05, 3.63) is 92.3 Å². The highest BCUT2D eigenvalue weighted by Crippen LogP contribution is 2.49. The van der Waals surface area contributed by atoms with Gasteiger partial charge in [0, 0.05) is 30.4 Å². The number of phenols is 1. The number of Topliss-reactive ketones (excluding diaryl/α,β-unsaturated/α-hetero) is 1. The van der Waals surface area contributed by atoms with Crippen molar-refractivity contribution < 1.29 is 33.3 Å². The van der Waals surface area contributed by atoms with E-state index in [2.05, 4.69) is 6.07 Å². The van der Waals surface area contributed by atoms with Gasteiger partial charge in [-0.3, -0.25) is 9.59 Å². The molecule has 8 heteroatoms. The van der Waals surface area contributed by atoms with Gasteiger partial charge in [-0.2, -0.15) is 0 Å². The quantitative estimate of drug-likeness (QED) is 0.162. The van der Waals surface area contributed by atoms with E-state index >= 15 is 0 Å². The number of hydrogen-bond acceptors (Lipinski definition) is 8. The molecule has 8 nitrogen and oxygen atoms in total. The van der Waals surface area contributed by atoms with Gasteiger partial charge in [-0.05, 0) is 54.3 Å². The summed E-state index contributed by atoms with van der Waals surface area (Å²) in [5.41, 5.74) is 3.41. The minimum absolute atomic E-state index is 0.0237. The van der Waals surface area contributed by atoms with Crippen LogP contribution in [0.15, 0.2) is 57.7 Å². The standard InChI is InChI=1S/C31H26O8/c1-16-13-24(33)38-30-26(16)29(35)27(17(2)32)31-28(30)22(15-25(34)39-31)19-4-6-21(7-5-19)36-11-9-18-3-8-23-20(14-18)10-12-37-23/h3-8,13-14,22,35H,9-12,15H2,1-2H3/t22-/m0/s1. The monoisotopic (exact) mass is 526 g/mol. The van der Waals surface area contributed by atoms with Crippen molar-refractivity contribution in [1.29, 1.82) is 0 Å². The first-order chi connectivity index (χ1) is 18.8. The summed E-state index contributed by atoms with van der Waals surface area (Å²) in [5, 5.41) is 11.2. The number of aromatic hydroxyl groups is 1. The second-order valence-electron chi connectivity index (χ2n) is 9.91. The highest BCUT2D eigenvalue weighted by atomic mass is 16.5. The second kappa shape index (κ2) is 9.62. The second-order valence-corrected chi connectivity index (χ2v) is 9.91. The molecule has 0 spiro atoms. The van der Waals surface area contributed by atoms with Gasteiger partial charge in [0.25, 0.3) is 0 Å². The average Bonchev–Trinajstić information content (AvgIpc) is 3.36. The van der Waals surface area contributed by atoms with Crippen molar-refractivity contribution in [2.75, 3.05) is 13.2 Å². The first-order valence-corrected chi connectivity index (χ1v) is 12.8. The number of benzene rings is 3.